The van der Waals surface area contributed by atoms with Gasteiger partial charge in [-0.25, -0.2) is 0 Å². The molecule has 1 aliphatic carbocycles. The third kappa shape index (κ3) is 4.07. The van der Waals surface area contributed by atoms with E-state index in [1.165, 1.54) is 6.07 Å². The second-order valence-electron chi connectivity index (χ2n) is 8.98. The fourth-order valence-corrected chi connectivity index (χ4v) is 4.01. The zero-order valence-corrected chi connectivity index (χ0v) is 16.9. The minimum atomic E-state index is -4.63. The van der Waals surface area contributed by atoms with Crippen LogP contribution in [0.1, 0.15) is 62.9 Å². The first kappa shape index (κ1) is 21.8. The van der Waals surface area contributed by atoms with Crippen LogP contribution < -0.4 is 5.46 Å². The van der Waals surface area contributed by atoms with Crippen molar-refractivity contribution in [3.05, 3.63) is 29.3 Å². The Kier molecular flexibility index (Phi) is 5.15. The number of rotatable bonds is 4. The standard InChI is InChI=1S/C20H24BF3O5/c1-17(2)18(3,4)29-21(28-17)13-5-6-14-12(9-13)7-8-19(16(14)27,10-15(25)26)11-20(22,23)24/h5-6,9H,7-8,10-11H2,1-4H3,(H,25,26). The Morgan fingerprint density at radius 2 is 1.76 bits per heavy atom. The van der Waals surface area contributed by atoms with Gasteiger partial charge in [-0.2, -0.15) is 13.2 Å². The Labute approximate surface area is 167 Å². The Morgan fingerprint density at radius 1 is 1.17 bits per heavy atom. The van der Waals surface area contributed by atoms with Gasteiger partial charge in [-0.15, -0.1) is 0 Å². The number of carbonyl (C=O) groups excluding carboxylic acids is 1. The molecule has 29 heavy (non-hydrogen) atoms. The number of carboxylic acids is 1. The molecular formula is C20H24BF3O5. The largest absolute Gasteiger partial charge is 0.494 e. The molecule has 0 bridgehead atoms. The molecule has 9 heteroatoms. The van der Waals surface area contributed by atoms with Gasteiger partial charge < -0.3 is 14.4 Å². The van der Waals surface area contributed by atoms with Crippen molar-refractivity contribution >= 4 is 24.3 Å². The smallest absolute Gasteiger partial charge is 0.481 e. The van der Waals surface area contributed by atoms with Crippen molar-refractivity contribution in [2.45, 2.75) is 70.8 Å². The topological polar surface area (TPSA) is 72.8 Å². The van der Waals surface area contributed by atoms with Crippen molar-refractivity contribution in [1.29, 1.82) is 0 Å². The molecule has 0 amide bonds. The lowest BCUT2D eigenvalue weighted by atomic mass is 9.65. The fourth-order valence-electron chi connectivity index (χ4n) is 4.01. The van der Waals surface area contributed by atoms with Crippen LogP contribution in [0.3, 0.4) is 0 Å². The van der Waals surface area contributed by atoms with Crippen LogP contribution in [0.5, 0.6) is 0 Å². The van der Waals surface area contributed by atoms with Gasteiger partial charge in [0.1, 0.15) is 0 Å². The quantitative estimate of drug-likeness (QED) is 0.767. The molecule has 1 unspecified atom stereocenters. The molecular weight excluding hydrogens is 388 g/mol. The summed E-state index contributed by atoms with van der Waals surface area (Å²) < 4.78 is 51.3. The molecule has 0 radical (unpaired) electrons. The van der Waals surface area contributed by atoms with Crippen LogP contribution in [-0.2, 0) is 20.5 Å². The average Bonchev–Trinajstić information content (AvgIpc) is 2.77. The molecule has 2 aliphatic rings. The second kappa shape index (κ2) is 6.84. The summed E-state index contributed by atoms with van der Waals surface area (Å²) in [4.78, 5) is 24.2. The molecule has 1 saturated heterocycles. The number of Topliss-reactive ketones (excluding diaryl/α,β-unsaturated/α-hetero) is 1. The van der Waals surface area contributed by atoms with Crippen LogP contribution in [-0.4, -0.2) is 41.4 Å². The first-order chi connectivity index (χ1) is 13.2. The number of hydrogen-bond acceptors (Lipinski definition) is 4. The summed E-state index contributed by atoms with van der Waals surface area (Å²) >= 11 is 0. The molecule has 158 valence electrons. The Hall–Kier alpha value is -1.87. The van der Waals surface area contributed by atoms with E-state index < -0.39 is 54.5 Å². The molecule has 1 aromatic carbocycles. The second-order valence-corrected chi connectivity index (χ2v) is 8.98. The third-order valence-electron chi connectivity index (χ3n) is 6.28. The summed E-state index contributed by atoms with van der Waals surface area (Å²) in [5, 5.41) is 9.13. The van der Waals surface area contributed by atoms with Gasteiger partial charge in [-0.3, -0.25) is 9.59 Å². The highest BCUT2D eigenvalue weighted by atomic mass is 19.4. The van der Waals surface area contributed by atoms with Crippen LogP contribution in [0, 0.1) is 5.41 Å². The molecule has 3 rings (SSSR count). The molecule has 0 spiro atoms. The molecule has 1 heterocycles. The van der Waals surface area contributed by atoms with Crippen molar-refractivity contribution < 1.29 is 37.2 Å². The van der Waals surface area contributed by atoms with Crippen molar-refractivity contribution in [2.24, 2.45) is 5.41 Å². The minimum Gasteiger partial charge on any atom is -0.481 e. The van der Waals surface area contributed by atoms with E-state index in [9.17, 15) is 22.8 Å². The lowest BCUT2D eigenvalue weighted by Crippen LogP contribution is -2.42. The molecule has 1 fully saturated rings. The average molecular weight is 412 g/mol. The number of fused-ring (bicyclic) bond motifs is 1. The number of halogens is 3. The van der Waals surface area contributed by atoms with Gasteiger partial charge in [0.15, 0.2) is 5.78 Å². The van der Waals surface area contributed by atoms with Crippen molar-refractivity contribution in [3.63, 3.8) is 0 Å². The van der Waals surface area contributed by atoms with Gasteiger partial charge >= 0.3 is 19.3 Å². The highest BCUT2D eigenvalue weighted by molar-refractivity contribution is 6.62. The molecule has 1 atom stereocenters. The lowest BCUT2D eigenvalue weighted by Gasteiger charge is -2.36. The van der Waals surface area contributed by atoms with Crippen LogP contribution in [0.25, 0.3) is 0 Å². The van der Waals surface area contributed by atoms with E-state index in [1.807, 2.05) is 27.7 Å². The maximum atomic E-state index is 13.1. The summed E-state index contributed by atoms with van der Waals surface area (Å²) in [6.45, 7) is 7.64. The molecule has 5 nitrogen and oxygen atoms in total. The first-order valence-corrected chi connectivity index (χ1v) is 9.48. The minimum absolute atomic E-state index is 0.141. The maximum absolute atomic E-state index is 13.1. The Balaban J connectivity index is 1.93. The van der Waals surface area contributed by atoms with Gasteiger partial charge in [0.25, 0.3) is 0 Å². The summed E-state index contributed by atoms with van der Waals surface area (Å²) in [6, 6.07) is 4.78. The molecule has 1 aliphatic heterocycles. The SMILES string of the molecule is CC1(C)OB(c2ccc3c(c2)CCC(CC(=O)O)(CC(F)(F)F)C3=O)OC1(C)C. The van der Waals surface area contributed by atoms with Gasteiger partial charge in [0.2, 0.25) is 0 Å². The van der Waals surface area contributed by atoms with E-state index in [0.29, 0.717) is 11.0 Å². The Morgan fingerprint density at radius 3 is 2.28 bits per heavy atom. The van der Waals surface area contributed by atoms with Crippen molar-refractivity contribution in [1.82, 2.24) is 0 Å². The fraction of sp³-hybridized carbons (Fsp3) is 0.600. The van der Waals surface area contributed by atoms with Gasteiger partial charge in [0.05, 0.1) is 29.5 Å². The number of carbonyl (C=O) groups is 2. The molecule has 1 N–H and O–H groups in total. The molecule has 0 aromatic heterocycles. The first-order valence-electron chi connectivity index (χ1n) is 9.48. The van der Waals surface area contributed by atoms with E-state index in [-0.39, 0.29) is 18.4 Å². The van der Waals surface area contributed by atoms with E-state index in [4.69, 9.17) is 14.4 Å². The number of carboxylic acid groups (broad SMARTS) is 1. The number of aliphatic carboxylic acids is 1. The number of aryl methyl sites for hydroxylation is 1. The van der Waals surface area contributed by atoms with E-state index >= 15 is 0 Å². The van der Waals surface area contributed by atoms with E-state index in [0.717, 1.165) is 0 Å². The van der Waals surface area contributed by atoms with Crippen LogP contribution in [0.15, 0.2) is 18.2 Å². The summed E-state index contributed by atoms with van der Waals surface area (Å²) in [6.07, 6.45) is -6.91. The predicted molar refractivity (Wildman–Crippen MR) is 100 cm³/mol. The zero-order valence-electron chi connectivity index (χ0n) is 16.9. The van der Waals surface area contributed by atoms with Gasteiger partial charge in [-0.1, -0.05) is 18.2 Å². The third-order valence-corrected chi connectivity index (χ3v) is 6.28. The molecule has 1 aromatic rings. The number of benzene rings is 1. The van der Waals surface area contributed by atoms with Crippen LogP contribution >= 0.6 is 0 Å². The number of alkyl halides is 3. The maximum Gasteiger partial charge on any atom is 0.494 e. The zero-order chi connectivity index (χ0) is 21.8. The van der Waals surface area contributed by atoms with Gasteiger partial charge in [-0.05, 0) is 51.6 Å². The normalized spacial score (nSPS) is 25.8. The summed E-state index contributed by atoms with van der Waals surface area (Å²) in [7, 11) is -0.652. The highest BCUT2D eigenvalue weighted by Crippen LogP contribution is 2.46. The highest BCUT2D eigenvalue weighted by Gasteiger charge is 2.53. The summed E-state index contributed by atoms with van der Waals surface area (Å²) in [5.41, 5.74) is -1.66. The van der Waals surface area contributed by atoms with E-state index in [1.54, 1.807) is 12.1 Å². The molecule has 0 saturated carbocycles. The predicted octanol–water partition coefficient (Wildman–Crippen LogP) is 3.53. The van der Waals surface area contributed by atoms with Gasteiger partial charge in [0, 0.05) is 5.56 Å². The summed E-state index contributed by atoms with van der Waals surface area (Å²) in [5.74, 6) is -2.18. The Bertz CT molecular complexity index is 833. The lowest BCUT2D eigenvalue weighted by molar-refractivity contribution is -0.160. The van der Waals surface area contributed by atoms with Crippen LogP contribution in [0.4, 0.5) is 13.2 Å². The van der Waals surface area contributed by atoms with Crippen molar-refractivity contribution in [3.8, 4) is 0 Å². The van der Waals surface area contributed by atoms with E-state index in [2.05, 4.69) is 0 Å². The monoisotopic (exact) mass is 412 g/mol. The number of ketones is 1. The van der Waals surface area contributed by atoms with Crippen LogP contribution in [0.2, 0.25) is 0 Å². The number of hydrogen-bond donors (Lipinski definition) is 1. The van der Waals surface area contributed by atoms with Crippen molar-refractivity contribution in [2.75, 3.05) is 0 Å².